The number of carbonyl (C=O) groups excluding carboxylic acids is 3. The van der Waals surface area contributed by atoms with Crippen molar-refractivity contribution in [3.63, 3.8) is 0 Å². The fourth-order valence-electron chi connectivity index (χ4n) is 3.30. The van der Waals surface area contributed by atoms with E-state index in [1.54, 1.807) is 41.5 Å². The minimum atomic E-state index is -1.09. The lowest BCUT2D eigenvalue weighted by molar-refractivity contribution is -0.154. The molecule has 36 heavy (non-hydrogen) atoms. The zero-order chi connectivity index (χ0) is 26.7. The zero-order valence-electron chi connectivity index (χ0n) is 21.9. The molecule has 8 nitrogen and oxygen atoms in total. The average molecular weight is 499 g/mol. The summed E-state index contributed by atoms with van der Waals surface area (Å²) in [5.41, 5.74) is 1.03. The summed E-state index contributed by atoms with van der Waals surface area (Å²) >= 11 is 0. The second-order valence-corrected chi connectivity index (χ2v) is 9.95. The Hall–Kier alpha value is -3.39. The van der Waals surface area contributed by atoms with Crippen LogP contribution in [-0.2, 0) is 37.0 Å². The molecule has 0 saturated heterocycles. The van der Waals surface area contributed by atoms with Gasteiger partial charge in [-0.1, -0.05) is 74.5 Å². The monoisotopic (exact) mass is 498 g/mol. The molecule has 2 rings (SSSR count). The number of carbonyl (C=O) groups is 3. The van der Waals surface area contributed by atoms with Crippen molar-refractivity contribution in [2.45, 2.75) is 78.5 Å². The first-order chi connectivity index (χ1) is 17.0. The lowest BCUT2D eigenvalue weighted by Gasteiger charge is -2.28. The van der Waals surface area contributed by atoms with Crippen molar-refractivity contribution >= 4 is 18.0 Å². The molecule has 2 N–H and O–H groups in total. The van der Waals surface area contributed by atoms with E-state index in [4.69, 9.17) is 14.2 Å². The Morgan fingerprint density at radius 2 is 1.31 bits per heavy atom. The Morgan fingerprint density at radius 3 is 1.81 bits per heavy atom. The summed E-state index contributed by atoms with van der Waals surface area (Å²) in [6, 6.07) is 16.8. The molecule has 196 valence electrons. The molecular formula is C28H38N2O6. The van der Waals surface area contributed by atoms with E-state index in [2.05, 4.69) is 10.6 Å². The Kier molecular flexibility index (Phi) is 10.9. The number of amides is 2. The Balaban J connectivity index is 2.13. The van der Waals surface area contributed by atoms with Crippen molar-refractivity contribution in [3.8, 4) is 0 Å². The summed E-state index contributed by atoms with van der Waals surface area (Å²) in [7, 11) is 0. The van der Waals surface area contributed by atoms with Crippen molar-refractivity contribution in [3.05, 3.63) is 71.8 Å². The van der Waals surface area contributed by atoms with E-state index in [-0.39, 0.29) is 19.1 Å². The van der Waals surface area contributed by atoms with Crippen LogP contribution in [-0.4, -0.2) is 41.8 Å². The predicted molar refractivity (Wildman–Crippen MR) is 137 cm³/mol. The summed E-state index contributed by atoms with van der Waals surface area (Å²) in [5.74, 6) is -1.43. The van der Waals surface area contributed by atoms with Crippen LogP contribution < -0.4 is 10.6 Å². The van der Waals surface area contributed by atoms with Gasteiger partial charge in [-0.05, 0) is 44.7 Å². The number of hydrogen-bond acceptors (Lipinski definition) is 6. The highest BCUT2D eigenvalue weighted by Crippen LogP contribution is 2.12. The molecule has 0 aliphatic rings. The normalized spacial score (nSPS) is 13.9. The fraction of sp³-hybridized carbons (Fsp3) is 0.464. The van der Waals surface area contributed by atoms with Crippen molar-refractivity contribution in [2.75, 3.05) is 0 Å². The van der Waals surface area contributed by atoms with E-state index >= 15 is 0 Å². The number of hydrogen-bond donors (Lipinski definition) is 2. The van der Waals surface area contributed by atoms with Crippen molar-refractivity contribution in [1.82, 2.24) is 10.6 Å². The van der Waals surface area contributed by atoms with Gasteiger partial charge in [-0.2, -0.15) is 0 Å². The largest absolute Gasteiger partial charge is 0.459 e. The van der Waals surface area contributed by atoms with Crippen LogP contribution in [0.1, 0.15) is 52.7 Å². The quantitative estimate of drug-likeness (QED) is 0.446. The predicted octanol–water partition coefficient (Wildman–Crippen LogP) is 4.37. The summed E-state index contributed by atoms with van der Waals surface area (Å²) < 4.78 is 16.7. The molecule has 0 saturated carbocycles. The van der Waals surface area contributed by atoms with Gasteiger partial charge in [-0.25, -0.2) is 9.59 Å². The molecule has 8 heteroatoms. The molecule has 0 radical (unpaired) electrons. The number of esters is 1. The van der Waals surface area contributed by atoms with Crippen molar-refractivity contribution < 1.29 is 28.6 Å². The second-order valence-electron chi connectivity index (χ2n) is 9.95. The highest BCUT2D eigenvalue weighted by molar-refractivity contribution is 5.90. The second kappa shape index (κ2) is 13.6. The van der Waals surface area contributed by atoms with Gasteiger partial charge in [0.25, 0.3) is 0 Å². The van der Waals surface area contributed by atoms with E-state index in [1.165, 1.54) is 0 Å². The minimum absolute atomic E-state index is 0.0568. The first kappa shape index (κ1) is 28.8. The standard InChI is InChI=1S/C28H38N2O6/c1-19(2)23(30-27(33)36-28(4,5)6)25(31)29-24(20(3)34-17-21-13-9-7-10-14-21)26(32)35-18-22-15-11-8-12-16-22/h7-16,19-20,23-24H,17-18H2,1-6H3,(H,29,31)(H,30,33)/t20-,23+,24+/m1/s1. The van der Waals surface area contributed by atoms with Gasteiger partial charge >= 0.3 is 12.1 Å². The van der Waals surface area contributed by atoms with Crippen LogP contribution in [0.25, 0.3) is 0 Å². The van der Waals surface area contributed by atoms with Gasteiger partial charge in [0, 0.05) is 0 Å². The maximum Gasteiger partial charge on any atom is 0.408 e. The molecule has 0 aliphatic heterocycles. The molecule has 0 aliphatic carbocycles. The van der Waals surface area contributed by atoms with E-state index < -0.39 is 41.8 Å². The fourth-order valence-corrected chi connectivity index (χ4v) is 3.30. The number of nitrogens with one attached hydrogen (secondary N) is 2. The zero-order valence-corrected chi connectivity index (χ0v) is 21.9. The molecule has 0 heterocycles. The molecule has 0 spiro atoms. The summed E-state index contributed by atoms with van der Waals surface area (Å²) in [5, 5.41) is 5.34. The van der Waals surface area contributed by atoms with Crippen LogP contribution in [0.2, 0.25) is 0 Å². The summed E-state index contributed by atoms with van der Waals surface area (Å²) in [6.07, 6.45) is -1.42. The lowest BCUT2D eigenvalue weighted by Crippen LogP contribution is -2.57. The van der Waals surface area contributed by atoms with Crippen LogP contribution >= 0.6 is 0 Å². The Labute approximate surface area is 213 Å². The van der Waals surface area contributed by atoms with Gasteiger partial charge in [0.15, 0.2) is 6.04 Å². The Morgan fingerprint density at radius 1 is 0.778 bits per heavy atom. The van der Waals surface area contributed by atoms with E-state index in [9.17, 15) is 14.4 Å². The van der Waals surface area contributed by atoms with Crippen LogP contribution in [0, 0.1) is 5.92 Å². The highest BCUT2D eigenvalue weighted by atomic mass is 16.6. The molecule has 3 atom stereocenters. The molecule has 2 amide bonds. The van der Waals surface area contributed by atoms with Crippen LogP contribution in [0.4, 0.5) is 4.79 Å². The topological polar surface area (TPSA) is 103 Å². The molecule has 0 fully saturated rings. The summed E-state index contributed by atoms with van der Waals surface area (Å²) in [4.78, 5) is 38.6. The molecule has 2 aromatic rings. The van der Waals surface area contributed by atoms with E-state index in [0.717, 1.165) is 11.1 Å². The SMILES string of the molecule is CC(C)[C@H](NC(=O)OC(C)(C)C)C(=O)N[C@H](C(=O)OCc1ccccc1)[C@@H](C)OCc1ccccc1. The molecular weight excluding hydrogens is 460 g/mol. The van der Waals surface area contributed by atoms with E-state index in [0.29, 0.717) is 0 Å². The Bertz CT molecular complexity index is 973. The maximum atomic E-state index is 13.2. The number of benzene rings is 2. The maximum absolute atomic E-state index is 13.2. The molecule has 2 aromatic carbocycles. The van der Waals surface area contributed by atoms with Gasteiger partial charge in [0.05, 0.1) is 12.7 Å². The van der Waals surface area contributed by atoms with Crippen LogP contribution in [0.3, 0.4) is 0 Å². The number of alkyl carbamates (subject to hydrolysis) is 1. The third-order valence-corrected chi connectivity index (χ3v) is 5.22. The van der Waals surface area contributed by atoms with Crippen LogP contribution in [0.15, 0.2) is 60.7 Å². The van der Waals surface area contributed by atoms with Crippen molar-refractivity contribution in [1.29, 1.82) is 0 Å². The van der Waals surface area contributed by atoms with Gasteiger partial charge in [0.2, 0.25) is 5.91 Å². The number of rotatable bonds is 11. The van der Waals surface area contributed by atoms with Gasteiger partial charge < -0.3 is 24.8 Å². The first-order valence-electron chi connectivity index (χ1n) is 12.1. The first-order valence-corrected chi connectivity index (χ1v) is 12.1. The van der Waals surface area contributed by atoms with Gasteiger partial charge in [-0.3, -0.25) is 4.79 Å². The minimum Gasteiger partial charge on any atom is -0.459 e. The highest BCUT2D eigenvalue weighted by Gasteiger charge is 2.34. The number of ether oxygens (including phenoxy) is 3. The average Bonchev–Trinajstić information content (AvgIpc) is 2.82. The molecule has 0 aromatic heterocycles. The lowest BCUT2D eigenvalue weighted by atomic mass is 10.0. The molecule has 0 bridgehead atoms. The van der Waals surface area contributed by atoms with Gasteiger partial charge in [-0.15, -0.1) is 0 Å². The third-order valence-electron chi connectivity index (χ3n) is 5.22. The smallest absolute Gasteiger partial charge is 0.408 e. The van der Waals surface area contributed by atoms with Gasteiger partial charge in [0.1, 0.15) is 18.2 Å². The van der Waals surface area contributed by atoms with Crippen molar-refractivity contribution in [2.24, 2.45) is 5.92 Å². The van der Waals surface area contributed by atoms with Crippen LogP contribution in [0.5, 0.6) is 0 Å². The summed E-state index contributed by atoms with van der Waals surface area (Å²) in [6.45, 7) is 10.8. The third kappa shape index (κ3) is 10.1. The molecule has 0 unspecified atom stereocenters. The van der Waals surface area contributed by atoms with E-state index in [1.807, 2.05) is 60.7 Å².